The number of esters is 1. The van der Waals surface area contributed by atoms with Gasteiger partial charge in [0.15, 0.2) is 6.61 Å². The van der Waals surface area contributed by atoms with E-state index in [2.05, 4.69) is 10.0 Å². The number of benzene rings is 1. The molecule has 0 radical (unpaired) electrons. The Balaban J connectivity index is 1.56. The van der Waals surface area contributed by atoms with Crippen molar-refractivity contribution in [3.8, 4) is 0 Å². The number of amides is 1. The quantitative estimate of drug-likeness (QED) is 0.617. The Labute approximate surface area is 162 Å². The van der Waals surface area contributed by atoms with Crippen LogP contribution in [0.2, 0.25) is 5.02 Å². The van der Waals surface area contributed by atoms with Crippen molar-refractivity contribution in [2.24, 2.45) is 0 Å². The van der Waals surface area contributed by atoms with Gasteiger partial charge in [-0.3, -0.25) is 4.79 Å². The van der Waals surface area contributed by atoms with Gasteiger partial charge in [-0.05, 0) is 43.9 Å². The topological polar surface area (TPSA) is 111 Å². The summed E-state index contributed by atoms with van der Waals surface area (Å²) in [6, 6.07) is 3.73. The molecule has 1 aliphatic carbocycles. The predicted octanol–water partition coefficient (Wildman–Crippen LogP) is 1.23. The van der Waals surface area contributed by atoms with Gasteiger partial charge in [0.1, 0.15) is 4.90 Å². The van der Waals surface area contributed by atoms with Crippen LogP contribution in [0.1, 0.15) is 36.0 Å². The number of carbonyl (C=O) groups excluding carboxylic acids is 2. The monoisotopic (exact) mass is 416 g/mol. The van der Waals surface area contributed by atoms with E-state index in [9.17, 15) is 18.0 Å². The van der Waals surface area contributed by atoms with Gasteiger partial charge in [0.2, 0.25) is 10.0 Å². The molecule has 1 amide bonds. The second kappa shape index (κ2) is 8.55. The van der Waals surface area contributed by atoms with E-state index in [1.807, 2.05) is 0 Å². The fraction of sp³-hybridized carbons (Fsp3) is 0.529. The third kappa shape index (κ3) is 5.65. The largest absolute Gasteiger partial charge is 0.452 e. The summed E-state index contributed by atoms with van der Waals surface area (Å²) in [5.41, 5.74) is 0.00231. The third-order valence-corrected chi connectivity index (χ3v) is 6.24. The summed E-state index contributed by atoms with van der Waals surface area (Å²) >= 11 is 5.97. The molecule has 10 heteroatoms. The van der Waals surface area contributed by atoms with E-state index in [0.717, 1.165) is 31.7 Å². The molecule has 27 heavy (non-hydrogen) atoms. The fourth-order valence-electron chi connectivity index (χ4n) is 2.62. The highest BCUT2D eigenvalue weighted by molar-refractivity contribution is 7.89. The van der Waals surface area contributed by atoms with E-state index in [1.165, 1.54) is 12.1 Å². The number of hydrogen-bond donors (Lipinski definition) is 2. The van der Waals surface area contributed by atoms with Gasteiger partial charge in [-0.15, -0.1) is 0 Å². The lowest BCUT2D eigenvalue weighted by Gasteiger charge is -2.11. The van der Waals surface area contributed by atoms with Gasteiger partial charge in [0.25, 0.3) is 5.91 Å². The summed E-state index contributed by atoms with van der Waals surface area (Å²) < 4.78 is 37.5. The van der Waals surface area contributed by atoms with Crippen molar-refractivity contribution < 1.29 is 27.5 Å². The van der Waals surface area contributed by atoms with E-state index in [4.69, 9.17) is 21.1 Å². The average molecular weight is 417 g/mol. The molecule has 0 aromatic heterocycles. The van der Waals surface area contributed by atoms with E-state index < -0.39 is 28.5 Å². The van der Waals surface area contributed by atoms with Crippen LogP contribution in [0.4, 0.5) is 0 Å². The highest BCUT2D eigenvalue weighted by atomic mass is 35.5. The van der Waals surface area contributed by atoms with E-state index >= 15 is 0 Å². The van der Waals surface area contributed by atoms with E-state index in [0.29, 0.717) is 13.2 Å². The van der Waals surface area contributed by atoms with Crippen molar-refractivity contribution in [2.75, 3.05) is 19.8 Å². The van der Waals surface area contributed by atoms with Crippen LogP contribution >= 0.6 is 11.6 Å². The maximum Gasteiger partial charge on any atom is 0.338 e. The van der Waals surface area contributed by atoms with Crippen molar-refractivity contribution in [3.63, 3.8) is 0 Å². The number of ether oxygens (including phenoxy) is 2. The van der Waals surface area contributed by atoms with E-state index in [-0.39, 0.29) is 27.6 Å². The first kappa shape index (κ1) is 20.1. The second-order valence-electron chi connectivity index (χ2n) is 6.56. The van der Waals surface area contributed by atoms with E-state index in [1.54, 1.807) is 0 Å². The Morgan fingerprint density at radius 3 is 2.70 bits per heavy atom. The van der Waals surface area contributed by atoms with Crippen LogP contribution in [-0.4, -0.2) is 52.2 Å². The van der Waals surface area contributed by atoms with Gasteiger partial charge in [-0.25, -0.2) is 17.9 Å². The van der Waals surface area contributed by atoms with Crippen molar-refractivity contribution >= 4 is 33.5 Å². The Morgan fingerprint density at radius 2 is 2.04 bits per heavy atom. The van der Waals surface area contributed by atoms with Crippen LogP contribution in [0.5, 0.6) is 0 Å². The van der Waals surface area contributed by atoms with Crippen LogP contribution in [0.3, 0.4) is 0 Å². The van der Waals surface area contributed by atoms with Crippen LogP contribution in [0.25, 0.3) is 0 Å². The van der Waals surface area contributed by atoms with Gasteiger partial charge in [-0.1, -0.05) is 11.6 Å². The second-order valence-corrected chi connectivity index (χ2v) is 8.65. The molecule has 1 saturated carbocycles. The Hall–Kier alpha value is -1.68. The molecule has 1 heterocycles. The maximum atomic E-state index is 12.3. The predicted molar refractivity (Wildman–Crippen MR) is 97.1 cm³/mol. The molecule has 2 aliphatic rings. The highest BCUT2D eigenvalue weighted by Gasteiger charge is 2.30. The molecule has 0 bridgehead atoms. The average Bonchev–Trinajstić information content (AvgIpc) is 3.27. The van der Waals surface area contributed by atoms with Gasteiger partial charge in [0.05, 0.1) is 16.7 Å². The zero-order chi connectivity index (χ0) is 19.4. The fourth-order valence-corrected chi connectivity index (χ4v) is 4.45. The molecule has 148 valence electrons. The summed E-state index contributed by atoms with van der Waals surface area (Å²) in [6.07, 6.45) is 3.40. The third-order valence-electron chi connectivity index (χ3n) is 4.24. The molecule has 8 nitrogen and oxygen atoms in total. The lowest BCUT2D eigenvalue weighted by molar-refractivity contribution is -0.124. The summed E-state index contributed by atoms with van der Waals surface area (Å²) in [6.45, 7) is 0.593. The van der Waals surface area contributed by atoms with Crippen molar-refractivity contribution in [3.05, 3.63) is 28.8 Å². The molecule has 1 aromatic rings. The zero-order valence-corrected chi connectivity index (χ0v) is 16.1. The molecule has 2 fully saturated rings. The minimum absolute atomic E-state index is 0.00231. The molecule has 1 aliphatic heterocycles. The zero-order valence-electron chi connectivity index (χ0n) is 14.6. The Morgan fingerprint density at radius 1 is 1.26 bits per heavy atom. The highest BCUT2D eigenvalue weighted by Crippen LogP contribution is 2.27. The number of halogens is 1. The van der Waals surface area contributed by atoms with Crippen LogP contribution in [-0.2, 0) is 24.3 Å². The van der Waals surface area contributed by atoms with Crippen molar-refractivity contribution in [2.45, 2.75) is 42.7 Å². The summed E-state index contributed by atoms with van der Waals surface area (Å²) in [7, 11) is -3.82. The van der Waals surface area contributed by atoms with Crippen LogP contribution in [0.15, 0.2) is 23.1 Å². The van der Waals surface area contributed by atoms with Gasteiger partial charge in [0, 0.05) is 19.2 Å². The molecule has 1 atom stereocenters. The standard InChI is InChI=1S/C17H21ClN2O6S/c18-14-6-3-11(8-15(14)27(23,24)20-12-4-5-12)17(22)26-10-16(21)19-9-13-2-1-7-25-13/h3,6,8,12-13,20H,1-2,4-5,7,9-10H2,(H,19,21)/t13-/m1/s1. The number of carbonyl (C=O) groups is 2. The van der Waals surface area contributed by atoms with Gasteiger partial charge in [-0.2, -0.15) is 0 Å². The molecule has 2 N–H and O–H groups in total. The Kier molecular flexibility index (Phi) is 6.36. The minimum Gasteiger partial charge on any atom is -0.452 e. The number of rotatable bonds is 8. The van der Waals surface area contributed by atoms with Gasteiger partial charge < -0.3 is 14.8 Å². The summed E-state index contributed by atoms with van der Waals surface area (Å²) in [5.74, 6) is -1.25. The molecule has 1 saturated heterocycles. The molecule has 0 spiro atoms. The lowest BCUT2D eigenvalue weighted by Crippen LogP contribution is -2.34. The normalized spacial score (nSPS) is 19.7. The van der Waals surface area contributed by atoms with Crippen molar-refractivity contribution in [1.82, 2.24) is 10.0 Å². The molecule has 0 unspecified atom stereocenters. The molecule has 3 rings (SSSR count). The minimum atomic E-state index is -3.82. The molecular formula is C17H21ClN2O6S. The van der Waals surface area contributed by atoms with Crippen LogP contribution in [0, 0.1) is 0 Å². The number of nitrogens with one attached hydrogen (secondary N) is 2. The first-order chi connectivity index (χ1) is 12.8. The molecular weight excluding hydrogens is 396 g/mol. The van der Waals surface area contributed by atoms with Crippen molar-refractivity contribution in [1.29, 1.82) is 0 Å². The number of sulfonamides is 1. The lowest BCUT2D eigenvalue weighted by atomic mass is 10.2. The first-order valence-electron chi connectivity index (χ1n) is 8.72. The smallest absolute Gasteiger partial charge is 0.338 e. The summed E-state index contributed by atoms with van der Waals surface area (Å²) in [5, 5.41) is 2.64. The molecule has 1 aromatic carbocycles. The Bertz CT molecular complexity index is 819. The summed E-state index contributed by atoms with van der Waals surface area (Å²) in [4.78, 5) is 23.7. The number of hydrogen-bond acceptors (Lipinski definition) is 6. The maximum absolute atomic E-state index is 12.3. The first-order valence-corrected chi connectivity index (χ1v) is 10.6. The van der Waals surface area contributed by atoms with Crippen LogP contribution < -0.4 is 10.0 Å². The SMILES string of the molecule is O=C(COC(=O)c1ccc(Cl)c(S(=O)(=O)NC2CC2)c1)NC[C@H]1CCCO1. The van der Waals surface area contributed by atoms with Gasteiger partial charge >= 0.3 is 5.97 Å².